The van der Waals surface area contributed by atoms with Crippen LogP contribution in [0.1, 0.15) is 86.5 Å². The zero-order chi connectivity index (χ0) is 16.3. The molecule has 0 heterocycles. The summed E-state index contributed by atoms with van der Waals surface area (Å²) in [4.78, 5) is 2.69. The Balaban J connectivity index is 4.59. The third-order valence-corrected chi connectivity index (χ3v) is 4.72. The first-order chi connectivity index (χ1) is 9.85. The summed E-state index contributed by atoms with van der Waals surface area (Å²) in [7, 11) is 0. The molecule has 2 heteroatoms. The second-order valence-corrected chi connectivity index (χ2v) is 7.86. The largest absolute Gasteiger partial charge is 0.329 e. The molecule has 0 aliphatic heterocycles. The van der Waals surface area contributed by atoms with Crippen molar-refractivity contribution in [3.8, 4) is 0 Å². The lowest BCUT2D eigenvalue weighted by molar-refractivity contribution is 0.0870. The van der Waals surface area contributed by atoms with Crippen molar-refractivity contribution < 1.29 is 0 Å². The SMILES string of the molecule is CCCCCCC(C)(CN)N(CCC(C)C)CCC(C)C. The van der Waals surface area contributed by atoms with Crippen LogP contribution >= 0.6 is 0 Å². The molecule has 21 heavy (non-hydrogen) atoms. The number of nitrogens with two attached hydrogens (primary N) is 1. The van der Waals surface area contributed by atoms with Crippen LogP contribution in [-0.2, 0) is 0 Å². The van der Waals surface area contributed by atoms with Crippen LogP contribution in [0, 0.1) is 11.8 Å². The van der Waals surface area contributed by atoms with Gasteiger partial charge in [0.2, 0.25) is 0 Å². The molecule has 0 saturated carbocycles. The fourth-order valence-corrected chi connectivity index (χ4v) is 2.80. The zero-order valence-corrected chi connectivity index (χ0v) is 15.8. The van der Waals surface area contributed by atoms with Gasteiger partial charge in [-0.05, 0) is 51.1 Å². The van der Waals surface area contributed by atoms with E-state index < -0.39 is 0 Å². The van der Waals surface area contributed by atoms with Crippen molar-refractivity contribution in [3.63, 3.8) is 0 Å². The van der Waals surface area contributed by atoms with E-state index in [1.807, 2.05) is 0 Å². The van der Waals surface area contributed by atoms with Crippen LogP contribution in [0.2, 0.25) is 0 Å². The van der Waals surface area contributed by atoms with Crippen LogP contribution in [0.15, 0.2) is 0 Å². The molecular weight excluding hydrogens is 256 g/mol. The Hall–Kier alpha value is -0.0800. The third-order valence-electron chi connectivity index (χ3n) is 4.72. The summed E-state index contributed by atoms with van der Waals surface area (Å²) >= 11 is 0. The molecule has 0 rings (SSSR count). The van der Waals surface area contributed by atoms with Crippen LogP contribution in [-0.4, -0.2) is 30.1 Å². The standard InChI is InChI=1S/C19H42N2/c1-7-8-9-10-13-19(6,16-20)21(14-11-17(2)3)15-12-18(4)5/h17-18H,7-16,20H2,1-6H3. The van der Waals surface area contributed by atoms with Gasteiger partial charge in [-0.3, -0.25) is 4.90 Å². The van der Waals surface area contributed by atoms with Crippen LogP contribution in [0.5, 0.6) is 0 Å². The average molecular weight is 299 g/mol. The van der Waals surface area contributed by atoms with E-state index in [9.17, 15) is 0 Å². The van der Waals surface area contributed by atoms with Gasteiger partial charge in [0.15, 0.2) is 0 Å². The highest BCUT2D eigenvalue weighted by Gasteiger charge is 2.29. The summed E-state index contributed by atoms with van der Waals surface area (Å²) < 4.78 is 0. The van der Waals surface area contributed by atoms with E-state index >= 15 is 0 Å². The maximum atomic E-state index is 6.19. The van der Waals surface area contributed by atoms with E-state index in [0.29, 0.717) is 0 Å². The molecule has 0 aromatic rings. The van der Waals surface area contributed by atoms with Crippen molar-refractivity contribution >= 4 is 0 Å². The zero-order valence-electron chi connectivity index (χ0n) is 15.8. The van der Waals surface area contributed by atoms with E-state index in [-0.39, 0.29) is 5.54 Å². The summed E-state index contributed by atoms with van der Waals surface area (Å²) in [5.41, 5.74) is 6.39. The summed E-state index contributed by atoms with van der Waals surface area (Å²) in [6, 6.07) is 0. The summed E-state index contributed by atoms with van der Waals surface area (Å²) in [5.74, 6) is 1.54. The maximum Gasteiger partial charge on any atom is 0.0303 e. The van der Waals surface area contributed by atoms with Crippen LogP contribution in [0.25, 0.3) is 0 Å². The van der Waals surface area contributed by atoms with Crippen LogP contribution < -0.4 is 5.73 Å². The molecule has 2 nitrogen and oxygen atoms in total. The molecule has 1 atom stereocenters. The highest BCUT2D eigenvalue weighted by atomic mass is 15.2. The smallest absolute Gasteiger partial charge is 0.0303 e. The van der Waals surface area contributed by atoms with E-state index in [4.69, 9.17) is 5.73 Å². The van der Waals surface area contributed by atoms with Crippen molar-refractivity contribution in [1.82, 2.24) is 4.90 Å². The van der Waals surface area contributed by atoms with E-state index in [1.165, 1.54) is 58.0 Å². The molecule has 0 amide bonds. The number of hydrogen-bond acceptors (Lipinski definition) is 2. The van der Waals surface area contributed by atoms with Gasteiger partial charge in [-0.15, -0.1) is 0 Å². The second-order valence-electron chi connectivity index (χ2n) is 7.86. The molecule has 2 N–H and O–H groups in total. The quantitative estimate of drug-likeness (QED) is 0.481. The van der Waals surface area contributed by atoms with Gasteiger partial charge in [0.05, 0.1) is 0 Å². The minimum atomic E-state index is 0.192. The fraction of sp³-hybridized carbons (Fsp3) is 1.00. The van der Waals surface area contributed by atoms with Crippen molar-refractivity contribution in [2.24, 2.45) is 17.6 Å². The molecule has 0 radical (unpaired) electrons. The molecule has 0 aliphatic rings. The van der Waals surface area contributed by atoms with E-state index in [0.717, 1.165) is 18.4 Å². The molecule has 1 unspecified atom stereocenters. The van der Waals surface area contributed by atoms with Crippen molar-refractivity contribution in [2.75, 3.05) is 19.6 Å². The Morgan fingerprint density at radius 1 is 0.905 bits per heavy atom. The maximum absolute atomic E-state index is 6.19. The molecule has 0 fully saturated rings. The number of nitrogens with zero attached hydrogens (tertiary/aromatic N) is 1. The predicted octanol–water partition coefficient (Wildman–Crippen LogP) is 5.07. The summed E-state index contributed by atoms with van der Waals surface area (Å²) in [6.07, 6.45) is 9.16. The first-order valence-corrected chi connectivity index (χ1v) is 9.30. The first kappa shape index (κ1) is 20.9. The first-order valence-electron chi connectivity index (χ1n) is 9.30. The average Bonchev–Trinajstić information content (AvgIpc) is 2.42. The van der Waals surface area contributed by atoms with Crippen molar-refractivity contribution in [1.29, 1.82) is 0 Å². The lowest BCUT2D eigenvalue weighted by Gasteiger charge is -2.42. The molecular formula is C19H42N2. The molecule has 0 aromatic heterocycles. The molecule has 0 aliphatic carbocycles. The van der Waals surface area contributed by atoms with E-state index in [2.05, 4.69) is 46.4 Å². The van der Waals surface area contributed by atoms with Crippen molar-refractivity contribution in [2.45, 2.75) is 92.0 Å². The lowest BCUT2D eigenvalue weighted by Crippen LogP contribution is -2.52. The normalized spacial score (nSPS) is 15.1. The van der Waals surface area contributed by atoms with Gasteiger partial charge in [0.25, 0.3) is 0 Å². The van der Waals surface area contributed by atoms with Gasteiger partial charge in [0, 0.05) is 12.1 Å². The number of hydrogen-bond donors (Lipinski definition) is 1. The van der Waals surface area contributed by atoms with Gasteiger partial charge in [-0.1, -0.05) is 60.3 Å². The molecule has 0 aromatic carbocycles. The predicted molar refractivity (Wildman–Crippen MR) is 96.7 cm³/mol. The monoisotopic (exact) mass is 298 g/mol. The topological polar surface area (TPSA) is 29.3 Å². The number of unbranched alkanes of at least 4 members (excludes halogenated alkanes) is 3. The second kappa shape index (κ2) is 11.5. The Morgan fingerprint density at radius 2 is 1.43 bits per heavy atom. The highest BCUT2D eigenvalue weighted by Crippen LogP contribution is 2.24. The third kappa shape index (κ3) is 9.52. The van der Waals surface area contributed by atoms with Gasteiger partial charge in [-0.2, -0.15) is 0 Å². The molecule has 128 valence electrons. The van der Waals surface area contributed by atoms with Gasteiger partial charge < -0.3 is 5.73 Å². The summed E-state index contributed by atoms with van der Waals surface area (Å²) in [6.45, 7) is 17.1. The van der Waals surface area contributed by atoms with Crippen LogP contribution in [0.4, 0.5) is 0 Å². The Kier molecular flexibility index (Phi) is 11.4. The highest BCUT2D eigenvalue weighted by molar-refractivity contribution is 4.87. The minimum Gasteiger partial charge on any atom is -0.329 e. The van der Waals surface area contributed by atoms with Gasteiger partial charge in [0.1, 0.15) is 0 Å². The Labute approximate surface area is 134 Å². The van der Waals surface area contributed by atoms with Gasteiger partial charge >= 0.3 is 0 Å². The molecule has 0 bridgehead atoms. The van der Waals surface area contributed by atoms with E-state index in [1.54, 1.807) is 0 Å². The Bertz CT molecular complexity index is 226. The summed E-state index contributed by atoms with van der Waals surface area (Å²) in [5, 5.41) is 0. The fourth-order valence-electron chi connectivity index (χ4n) is 2.80. The Morgan fingerprint density at radius 3 is 1.81 bits per heavy atom. The molecule has 0 saturated heterocycles. The van der Waals surface area contributed by atoms with Gasteiger partial charge in [-0.25, -0.2) is 0 Å². The van der Waals surface area contributed by atoms with Crippen molar-refractivity contribution in [3.05, 3.63) is 0 Å². The lowest BCUT2D eigenvalue weighted by atomic mass is 9.90. The van der Waals surface area contributed by atoms with Crippen LogP contribution in [0.3, 0.4) is 0 Å². The molecule has 0 spiro atoms. The minimum absolute atomic E-state index is 0.192. The number of rotatable bonds is 13.